The lowest BCUT2D eigenvalue weighted by molar-refractivity contribution is -0.114. The maximum atomic E-state index is 12.1. The molecule has 2 rings (SSSR count). The Kier molecular flexibility index (Phi) is 6.75. The van der Waals surface area contributed by atoms with Crippen LogP contribution in [-0.4, -0.2) is 25.7 Å². The van der Waals surface area contributed by atoms with Crippen molar-refractivity contribution in [2.75, 3.05) is 30.4 Å². The van der Waals surface area contributed by atoms with Crippen LogP contribution in [0.5, 0.6) is 11.5 Å². The van der Waals surface area contributed by atoms with Gasteiger partial charge in [-0.05, 0) is 44.2 Å². The molecule has 24 heavy (non-hydrogen) atoms. The summed E-state index contributed by atoms with van der Waals surface area (Å²) in [5.41, 5.74) is 1.44. The van der Waals surface area contributed by atoms with E-state index in [1.165, 1.54) is 0 Å². The first-order valence-electron chi connectivity index (χ1n) is 7.81. The molecule has 2 aromatic carbocycles. The third kappa shape index (κ3) is 5.35. The zero-order valence-corrected chi connectivity index (χ0v) is 14.5. The molecule has 128 valence electrons. The van der Waals surface area contributed by atoms with Crippen molar-refractivity contribution >= 4 is 28.9 Å². The van der Waals surface area contributed by atoms with Gasteiger partial charge in [0.15, 0.2) is 11.5 Å². The average molecular weight is 349 g/mol. The average Bonchev–Trinajstić information content (AvgIpc) is 2.56. The summed E-state index contributed by atoms with van der Waals surface area (Å²) >= 11 is 5.91. The van der Waals surface area contributed by atoms with Crippen molar-refractivity contribution in [3.8, 4) is 11.5 Å². The number of nitrogens with one attached hydrogen (secondary N) is 2. The van der Waals surface area contributed by atoms with Crippen LogP contribution in [0, 0.1) is 0 Å². The first kappa shape index (κ1) is 17.9. The third-order valence-electron chi connectivity index (χ3n) is 3.10. The number of carbonyl (C=O) groups is 1. The van der Waals surface area contributed by atoms with Gasteiger partial charge in [-0.3, -0.25) is 4.79 Å². The minimum atomic E-state index is -0.165. The number of hydrogen-bond acceptors (Lipinski definition) is 4. The predicted molar refractivity (Wildman–Crippen MR) is 97.4 cm³/mol. The Morgan fingerprint density at radius 2 is 1.75 bits per heavy atom. The van der Waals surface area contributed by atoms with Crippen molar-refractivity contribution in [2.24, 2.45) is 0 Å². The summed E-state index contributed by atoms with van der Waals surface area (Å²) < 4.78 is 11.1. The zero-order chi connectivity index (χ0) is 17.4. The molecular weight excluding hydrogens is 328 g/mol. The number of ether oxygens (including phenoxy) is 2. The van der Waals surface area contributed by atoms with Crippen LogP contribution in [0.15, 0.2) is 42.5 Å². The van der Waals surface area contributed by atoms with Crippen molar-refractivity contribution < 1.29 is 14.3 Å². The summed E-state index contributed by atoms with van der Waals surface area (Å²) in [6.07, 6.45) is 0. The Morgan fingerprint density at radius 1 is 1.00 bits per heavy atom. The highest BCUT2D eigenvalue weighted by Crippen LogP contribution is 2.30. The molecule has 1 amide bonds. The molecule has 0 fully saturated rings. The number of halogens is 1. The van der Waals surface area contributed by atoms with Gasteiger partial charge in [0.05, 0.1) is 19.8 Å². The Hall–Kier alpha value is -2.40. The summed E-state index contributed by atoms with van der Waals surface area (Å²) in [7, 11) is 0. The summed E-state index contributed by atoms with van der Waals surface area (Å²) in [6, 6.07) is 12.5. The van der Waals surface area contributed by atoms with E-state index in [1.54, 1.807) is 30.3 Å². The zero-order valence-electron chi connectivity index (χ0n) is 13.8. The molecule has 0 radical (unpaired) electrons. The Balaban J connectivity index is 1.96. The van der Waals surface area contributed by atoms with Crippen LogP contribution >= 0.6 is 11.6 Å². The molecule has 2 aromatic rings. The maximum absolute atomic E-state index is 12.1. The lowest BCUT2D eigenvalue weighted by atomic mass is 10.2. The van der Waals surface area contributed by atoms with Crippen LogP contribution in [0.3, 0.4) is 0 Å². The number of carbonyl (C=O) groups excluding carboxylic acids is 1. The smallest absolute Gasteiger partial charge is 0.243 e. The minimum absolute atomic E-state index is 0.136. The molecule has 0 aliphatic rings. The Morgan fingerprint density at radius 3 is 2.46 bits per heavy atom. The first-order chi connectivity index (χ1) is 11.6. The summed E-state index contributed by atoms with van der Waals surface area (Å²) in [5, 5.41) is 6.47. The summed E-state index contributed by atoms with van der Waals surface area (Å²) in [5.74, 6) is 1.11. The van der Waals surface area contributed by atoms with Crippen LogP contribution in [0.4, 0.5) is 11.4 Å². The van der Waals surface area contributed by atoms with Gasteiger partial charge in [0.1, 0.15) is 0 Å². The van der Waals surface area contributed by atoms with E-state index in [1.807, 2.05) is 26.0 Å². The fourth-order valence-electron chi connectivity index (χ4n) is 2.11. The van der Waals surface area contributed by atoms with Gasteiger partial charge >= 0.3 is 0 Å². The molecule has 0 heterocycles. The van der Waals surface area contributed by atoms with Gasteiger partial charge in [0, 0.05) is 22.5 Å². The van der Waals surface area contributed by atoms with E-state index in [-0.39, 0.29) is 12.5 Å². The van der Waals surface area contributed by atoms with E-state index in [4.69, 9.17) is 21.1 Å². The van der Waals surface area contributed by atoms with Gasteiger partial charge in [0.2, 0.25) is 5.91 Å². The molecular formula is C18H21ClN2O3. The van der Waals surface area contributed by atoms with Crippen LogP contribution in [0.25, 0.3) is 0 Å². The second-order valence-corrected chi connectivity index (χ2v) is 5.38. The van der Waals surface area contributed by atoms with E-state index in [0.29, 0.717) is 35.4 Å². The van der Waals surface area contributed by atoms with Gasteiger partial charge in [-0.1, -0.05) is 17.7 Å². The minimum Gasteiger partial charge on any atom is -0.490 e. The summed E-state index contributed by atoms with van der Waals surface area (Å²) in [4.78, 5) is 12.1. The van der Waals surface area contributed by atoms with Crippen LogP contribution in [0.1, 0.15) is 13.8 Å². The molecule has 0 unspecified atom stereocenters. The molecule has 0 saturated heterocycles. The molecule has 2 N–H and O–H groups in total. The van der Waals surface area contributed by atoms with Crippen LogP contribution in [0.2, 0.25) is 5.02 Å². The van der Waals surface area contributed by atoms with Gasteiger partial charge in [-0.15, -0.1) is 0 Å². The van der Waals surface area contributed by atoms with Gasteiger partial charge in [0.25, 0.3) is 0 Å². The van der Waals surface area contributed by atoms with Crippen molar-refractivity contribution in [1.29, 1.82) is 0 Å². The molecule has 0 aromatic heterocycles. The highest BCUT2D eigenvalue weighted by Gasteiger charge is 2.08. The molecule has 0 aliphatic carbocycles. The van der Waals surface area contributed by atoms with Gasteiger partial charge in [-0.2, -0.15) is 0 Å². The molecule has 0 saturated carbocycles. The third-order valence-corrected chi connectivity index (χ3v) is 3.34. The SMILES string of the molecule is CCOc1ccc(NC(=O)CNc2cccc(Cl)c2)cc1OCC. The first-order valence-corrected chi connectivity index (χ1v) is 8.19. The molecule has 5 nitrogen and oxygen atoms in total. The lowest BCUT2D eigenvalue weighted by Crippen LogP contribution is -2.21. The van der Waals surface area contributed by atoms with Crippen molar-refractivity contribution in [3.63, 3.8) is 0 Å². The fraction of sp³-hybridized carbons (Fsp3) is 0.278. The van der Waals surface area contributed by atoms with E-state index in [9.17, 15) is 4.79 Å². The highest BCUT2D eigenvalue weighted by atomic mass is 35.5. The van der Waals surface area contributed by atoms with Crippen LogP contribution in [-0.2, 0) is 4.79 Å². The van der Waals surface area contributed by atoms with Crippen molar-refractivity contribution in [3.05, 3.63) is 47.5 Å². The number of rotatable bonds is 8. The summed E-state index contributed by atoms with van der Waals surface area (Å²) in [6.45, 7) is 5.02. The van der Waals surface area contributed by atoms with E-state index < -0.39 is 0 Å². The number of hydrogen-bond donors (Lipinski definition) is 2. The quantitative estimate of drug-likeness (QED) is 0.751. The van der Waals surface area contributed by atoms with Gasteiger partial charge in [-0.25, -0.2) is 0 Å². The number of anilines is 2. The molecule has 0 aliphatic heterocycles. The monoisotopic (exact) mass is 348 g/mol. The maximum Gasteiger partial charge on any atom is 0.243 e. The predicted octanol–water partition coefficient (Wildman–Crippen LogP) is 4.19. The molecule has 0 bridgehead atoms. The van der Waals surface area contributed by atoms with Gasteiger partial charge < -0.3 is 20.1 Å². The second-order valence-electron chi connectivity index (χ2n) is 4.94. The Bertz CT molecular complexity index is 692. The second kappa shape index (κ2) is 9.03. The lowest BCUT2D eigenvalue weighted by Gasteiger charge is -2.13. The van der Waals surface area contributed by atoms with Crippen molar-refractivity contribution in [1.82, 2.24) is 0 Å². The standard InChI is InChI=1S/C18H21ClN2O3/c1-3-23-16-9-8-15(11-17(16)24-4-2)21-18(22)12-20-14-7-5-6-13(19)10-14/h5-11,20H,3-4,12H2,1-2H3,(H,21,22). The number of benzene rings is 2. The molecule has 0 atom stereocenters. The Labute approximate surface area is 146 Å². The largest absolute Gasteiger partial charge is 0.490 e. The topological polar surface area (TPSA) is 59.6 Å². The normalized spacial score (nSPS) is 10.1. The molecule has 6 heteroatoms. The van der Waals surface area contributed by atoms with Crippen molar-refractivity contribution in [2.45, 2.75) is 13.8 Å². The van der Waals surface area contributed by atoms with Crippen LogP contribution < -0.4 is 20.1 Å². The number of amides is 1. The van der Waals surface area contributed by atoms with E-state index in [0.717, 1.165) is 5.69 Å². The van der Waals surface area contributed by atoms with E-state index in [2.05, 4.69) is 10.6 Å². The van der Waals surface area contributed by atoms with E-state index >= 15 is 0 Å². The molecule has 0 spiro atoms. The highest BCUT2D eigenvalue weighted by molar-refractivity contribution is 6.30. The fourth-order valence-corrected chi connectivity index (χ4v) is 2.31.